The van der Waals surface area contributed by atoms with Crippen molar-refractivity contribution in [3.8, 4) is 16.4 Å². The summed E-state index contributed by atoms with van der Waals surface area (Å²) >= 11 is 1.36. The smallest absolute Gasteiger partial charge is 0.263 e. The number of hydrogen-bond acceptors (Lipinski definition) is 5. The first-order valence-corrected chi connectivity index (χ1v) is 10.7. The molecule has 0 aliphatic heterocycles. The maximum absolute atomic E-state index is 12.7. The summed E-state index contributed by atoms with van der Waals surface area (Å²) in [6.07, 6.45) is 1.83. The highest BCUT2D eigenvalue weighted by Gasteiger charge is 2.20. The second-order valence-electron chi connectivity index (χ2n) is 7.05. The normalized spacial score (nSPS) is 10.9. The minimum atomic E-state index is -0.0857. The summed E-state index contributed by atoms with van der Waals surface area (Å²) in [6.45, 7) is 4.45. The molecule has 152 valence electrons. The van der Waals surface area contributed by atoms with Crippen molar-refractivity contribution in [1.82, 2.24) is 25.3 Å². The van der Waals surface area contributed by atoms with Crippen LogP contribution < -0.4 is 5.32 Å². The van der Waals surface area contributed by atoms with Gasteiger partial charge in [-0.15, -0.1) is 16.4 Å². The zero-order valence-electron chi connectivity index (χ0n) is 17.0. The van der Waals surface area contributed by atoms with Gasteiger partial charge in [-0.1, -0.05) is 53.7 Å². The van der Waals surface area contributed by atoms with E-state index in [1.54, 1.807) is 4.68 Å². The maximum atomic E-state index is 12.7. The molecule has 0 fully saturated rings. The lowest BCUT2D eigenvalue weighted by molar-refractivity contribution is 0.0956. The van der Waals surface area contributed by atoms with E-state index in [0.29, 0.717) is 27.8 Å². The van der Waals surface area contributed by atoms with E-state index < -0.39 is 0 Å². The molecule has 7 heteroatoms. The number of carbonyl (C=O) groups is 1. The van der Waals surface area contributed by atoms with E-state index in [2.05, 4.69) is 32.7 Å². The quantitative estimate of drug-likeness (QED) is 0.453. The fourth-order valence-electron chi connectivity index (χ4n) is 3.27. The van der Waals surface area contributed by atoms with Gasteiger partial charge in [-0.25, -0.2) is 9.67 Å². The number of aryl methyl sites for hydroxylation is 2. The first-order chi connectivity index (χ1) is 14.6. The van der Waals surface area contributed by atoms with Crippen LogP contribution in [0, 0.1) is 13.8 Å². The van der Waals surface area contributed by atoms with Gasteiger partial charge in [0.05, 0.1) is 17.1 Å². The van der Waals surface area contributed by atoms with Crippen molar-refractivity contribution < 1.29 is 4.79 Å². The summed E-state index contributed by atoms with van der Waals surface area (Å²) in [7, 11) is 0. The Morgan fingerprint density at radius 1 is 1.03 bits per heavy atom. The zero-order valence-corrected chi connectivity index (χ0v) is 17.8. The molecular formula is C23H23N5OS. The molecule has 0 aliphatic carbocycles. The van der Waals surface area contributed by atoms with Crippen LogP contribution in [0.1, 0.15) is 33.0 Å². The van der Waals surface area contributed by atoms with Gasteiger partial charge in [-0.05, 0) is 44.4 Å². The number of benzene rings is 2. The number of thiazole rings is 1. The third-order valence-corrected chi connectivity index (χ3v) is 6.03. The van der Waals surface area contributed by atoms with Gasteiger partial charge in [0.2, 0.25) is 0 Å². The number of carbonyl (C=O) groups excluding carboxylic acids is 1. The summed E-state index contributed by atoms with van der Waals surface area (Å²) in [6, 6.07) is 20.1. The van der Waals surface area contributed by atoms with Crippen molar-refractivity contribution in [1.29, 1.82) is 0 Å². The Morgan fingerprint density at radius 2 is 1.73 bits per heavy atom. The van der Waals surface area contributed by atoms with Crippen molar-refractivity contribution in [3.05, 3.63) is 82.5 Å². The predicted octanol–water partition coefficient (Wildman–Crippen LogP) is 4.37. The second kappa shape index (κ2) is 9.00. The highest BCUT2D eigenvalue weighted by atomic mass is 32.1. The van der Waals surface area contributed by atoms with Crippen LogP contribution in [0.3, 0.4) is 0 Å². The van der Waals surface area contributed by atoms with E-state index in [0.717, 1.165) is 24.2 Å². The minimum Gasteiger partial charge on any atom is -0.351 e. The number of amides is 1. The fraction of sp³-hybridized carbons (Fsp3) is 0.217. The zero-order chi connectivity index (χ0) is 20.9. The minimum absolute atomic E-state index is 0.0857. The third-order valence-electron chi connectivity index (χ3n) is 4.87. The van der Waals surface area contributed by atoms with E-state index in [-0.39, 0.29) is 5.91 Å². The van der Waals surface area contributed by atoms with E-state index >= 15 is 0 Å². The molecule has 0 bridgehead atoms. The molecule has 0 saturated heterocycles. The monoisotopic (exact) mass is 417 g/mol. The Labute approximate surface area is 179 Å². The number of rotatable bonds is 7. The summed E-state index contributed by atoms with van der Waals surface area (Å²) in [5, 5.41) is 12.3. The SMILES string of the molecule is Cc1nc(-c2nnn(-c3ccccc3)c2C)sc1C(=O)NCCCc1ccccc1. The van der Waals surface area contributed by atoms with Crippen molar-refractivity contribution in [2.45, 2.75) is 26.7 Å². The molecule has 0 radical (unpaired) electrons. The van der Waals surface area contributed by atoms with Crippen molar-refractivity contribution >= 4 is 17.2 Å². The molecular weight excluding hydrogens is 394 g/mol. The molecule has 2 heterocycles. The molecule has 2 aromatic heterocycles. The summed E-state index contributed by atoms with van der Waals surface area (Å²) < 4.78 is 1.79. The van der Waals surface area contributed by atoms with E-state index in [9.17, 15) is 4.79 Å². The van der Waals surface area contributed by atoms with Gasteiger partial charge in [-0.2, -0.15) is 0 Å². The van der Waals surface area contributed by atoms with Crippen LogP contribution in [0.25, 0.3) is 16.4 Å². The molecule has 30 heavy (non-hydrogen) atoms. The van der Waals surface area contributed by atoms with Crippen molar-refractivity contribution in [2.75, 3.05) is 6.54 Å². The topological polar surface area (TPSA) is 72.7 Å². The van der Waals surface area contributed by atoms with Crippen LogP contribution in [0.2, 0.25) is 0 Å². The van der Waals surface area contributed by atoms with Gasteiger partial charge in [0.1, 0.15) is 15.6 Å². The van der Waals surface area contributed by atoms with Gasteiger partial charge >= 0.3 is 0 Å². The molecule has 0 spiro atoms. The number of para-hydroxylation sites is 1. The van der Waals surface area contributed by atoms with Gasteiger partial charge in [0.15, 0.2) is 0 Å². The molecule has 0 aliphatic rings. The van der Waals surface area contributed by atoms with Crippen LogP contribution in [-0.4, -0.2) is 32.4 Å². The van der Waals surface area contributed by atoms with Crippen molar-refractivity contribution in [3.63, 3.8) is 0 Å². The lowest BCUT2D eigenvalue weighted by atomic mass is 10.1. The fourth-order valence-corrected chi connectivity index (χ4v) is 4.29. The second-order valence-corrected chi connectivity index (χ2v) is 8.05. The number of nitrogens with one attached hydrogen (secondary N) is 1. The van der Waals surface area contributed by atoms with Crippen LogP contribution in [0.5, 0.6) is 0 Å². The van der Waals surface area contributed by atoms with Crippen LogP contribution in [0.4, 0.5) is 0 Å². The van der Waals surface area contributed by atoms with E-state index in [1.807, 2.05) is 62.4 Å². The van der Waals surface area contributed by atoms with Crippen molar-refractivity contribution in [2.24, 2.45) is 0 Å². The molecule has 0 atom stereocenters. The summed E-state index contributed by atoms with van der Waals surface area (Å²) in [4.78, 5) is 17.9. The Morgan fingerprint density at radius 3 is 2.47 bits per heavy atom. The molecule has 4 rings (SSSR count). The molecule has 6 nitrogen and oxygen atoms in total. The average Bonchev–Trinajstić information content (AvgIpc) is 3.35. The molecule has 0 saturated carbocycles. The number of nitrogens with zero attached hydrogens (tertiary/aromatic N) is 4. The predicted molar refractivity (Wildman–Crippen MR) is 119 cm³/mol. The first-order valence-electron chi connectivity index (χ1n) is 9.91. The summed E-state index contributed by atoms with van der Waals surface area (Å²) in [5.74, 6) is -0.0857. The van der Waals surface area contributed by atoms with Gasteiger partial charge in [0, 0.05) is 6.54 Å². The largest absolute Gasteiger partial charge is 0.351 e. The Hall–Kier alpha value is -3.32. The molecule has 1 amide bonds. The maximum Gasteiger partial charge on any atom is 0.263 e. The first kappa shape index (κ1) is 20.0. The average molecular weight is 418 g/mol. The number of aromatic nitrogens is 4. The molecule has 0 unspecified atom stereocenters. The van der Waals surface area contributed by atoms with E-state index in [4.69, 9.17) is 0 Å². The Bertz CT molecular complexity index is 1140. The highest BCUT2D eigenvalue weighted by molar-refractivity contribution is 7.17. The Kier molecular flexibility index (Phi) is 5.99. The van der Waals surface area contributed by atoms with Gasteiger partial charge in [0.25, 0.3) is 5.91 Å². The van der Waals surface area contributed by atoms with Crippen LogP contribution in [-0.2, 0) is 6.42 Å². The molecule has 1 N–H and O–H groups in total. The molecule has 4 aromatic rings. The van der Waals surface area contributed by atoms with Gasteiger partial charge < -0.3 is 5.32 Å². The standard InChI is InChI=1S/C23H23N5OS/c1-16-21(22(29)24-15-9-12-18-10-5-3-6-11-18)30-23(25-16)20-17(2)28(27-26-20)19-13-7-4-8-14-19/h3-8,10-11,13-14H,9,12,15H2,1-2H3,(H,24,29). The third kappa shape index (κ3) is 4.31. The van der Waals surface area contributed by atoms with E-state index in [1.165, 1.54) is 16.9 Å². The Balaban J connectivity index is 1.43. The van der Waals surface area contributed by atoms with Crippen LogP contribution in [0.15, 0.2) is 60.7 Å². The van der Waals surface area contributed by atoms with Gasteiger partial charge in [-0.3, -0.25) is 4.79 Å². The number of hydrogen-bond donors (Lipinski definition) is 1. The lowest BCUT2D eigenvalue weighted by Gasteiger charge is -2.04. The molecule has 2 aromatic carbocycles. The lowest BCUT2D eigenvalue weighted by Crippen LogP contribution is -2.24. The van der Waals surface area contributed by atoms with Crippen LogP contribution >= 0.6 is 11.3 Å². The highest BCUT2D eigenvalue weighted by Crippen LogP contribution is 2.29. The summed E-state index contributed by atoms with van der Waals surface area (Å²) in [5.41, 5.74) is 4.53.